The largest absolute Gasteiger partial charge is 0.354 e. The van der Waals surface area contributed by atoms with Gasteiger partial charge in [-0.15, -0.1) is 0 Å². The highest BCUT2D eigenvalue weighted by Crippen LogP contribution is 2.28. The van der Waals surface area contributed by atoms with E-state index in [4.69, 9.17) is 34.8 Å². The van der Waals surface area contributed by atoms with Crippen molar-refractivity contribution < 1.29 is 18.0 Å². The minimum Gasteiger partial charge on any atom is -0.354 e. The predicted octanol–water partition coefficient (Wildman–Crippen LogP) is 5.89. The van der Waals surface area contributed by atoms with Gasteiger partial charge >= 0.3 is 0 Å². The van der Waals surface area contributed by atoms with E-state index in [0.29, 0.717) is 39.2 Å². The van der Waals surface area contributed by atoms with Gasteiger partial charge in [0.2, 0.25) is 21.8 Å². The van der Waals surface area contributed by atoms with Crippen LogP contribution in [0.2, 0.25) is 15.1 Å². The number of sulfonamides is 1. The monoisotopic (exact) mass is 623 g/mol. The first kappa shape index (κ1) is 31.7. The second-order valence-corrected chi connectivity index (χ2v) is 12.6. The van der Waals surface area contributed by atoms with Gasteiger partial charge in [0.15, 0.2) is 0 Å². The van der Waals surface area contributed by atoms with Gasteiger partial charge in [0, 0.05) is 24.5 Å². The van der Waals surface area contributed by atoms with Crippen molar-refractivity contribution in [3.05, 3.63) is 98.5 Å². The minimum absolute atomic E-state index is 0.00109. The number of benzene rings is 3. The Kier molecular flexibility index (Phi) is 11.3. The fourth-order valence-electron chi connectivity index (χ4n) is 4.20. The molecule has 40 heavy (non-hydrogen) atoms. The van der Waals surface area contributed by atoms with Gasteiger partial charge in [0.1, 0.15) is 12.6 Å². The lowest BCUT2D eigenvalue weighted by atomic mass is 10.0. The van der Waals surface area contributed by atoms with Crippen molar-refractivity contribution in [1.29, 1.82) is 0 Å². The molecule has 3 aromatic carbocycles. The van der Waals surface area contributed by atoms with E-state index in [0.717, 1.165) is 16.1 Å². The standard InChI is InChI=1S/C29H32Cl3N3O4S/c1-4-14-33-29(37)27(16-21-8-6-5-7-9-21)34(18-22-11-13-24(31)25(32)15-22)28(36)19-35(40(3,38)39)26-17-23(30)12-10-20(26)2/h5-13,15,17,27H,4,14,16,18-19H2,1-3H3,(H,33,37)/t27-/m1/s1. The lowest BCUT2D eigenvalue weighted by Gasteiger charge is -2.34. The zero-order valence-electron chi connectivity index (χ0n) is 22.5. The summed E-state index contributed by atoms with van der Waals surface area (Å²) in [6.07, 6.45) is 1.96. The van der Waals surface area contributed by atoms with Gasteiger partial charge in [0.25, 0.3) is 0 Å². The van der Waals surface area contributed by atoms with Gasteiger partial charge in [-0.05, 0) is 54.3 Å². The van der Waals surface area contributed by atoms with Crippen LogP contribution in [0.15, 0.2) is 66.7 Å². The highest BCUT2D eigenvalue weighted by Gasteiger charge is 2.33. The molecule has 11 heteroatoms. The number of carbonyl (C=O) groups excluding carboxylic acids is 2. The quantitative estimate of drug-likeness (QED) is 0.272. The molecule has 0 saturated heterocycles. The second kappa shape index (κ2) is 14.2. The van der Waals surface area contributed by atoms with Gasteiger partial charge in [-0.2, -0.15) is 0 Å². The molecule has 214 valence electrons. The molecular formula is C29H32Cl3N3O4S. The third-order valence-electron chi connectivity index (χ3n) is 6.28. The summed E-state index contributed by atoms with van der Waals surface area (Å²) in [6, 6.07) is 18.2. The van der Waals surface area contributed by atoms with E-state index < -0.39 is 28.5 Å². The van der Waals surface area contributed by atoms with E-state index in [1.165, 1.54) is 11.0 Å². The Morgan fingerprint density at radius 1 is 0.925 bits per heavy atom. The average molecular weight is 625 g/mol. The van der Waals surface area contributed by atoms with E-state index in [2.05, 4.69) is 5.32 Å². The number of nitrogens with zero attached hydrogens (tertiary/aromatic N) is 2. The fourth-order valence-corrected chi connectivity index (χ4v) is 5.59. The summed E-state index contributed by atoms with van der Waals surface area (Å²) in [7, 11) is -3.90. The minimum atomic E-state index is -3.90. The van der Waals surface area contributed by atoms with Crippen molar-refractivity contribution >= 4 is 62.3 Å². The third kappa shape index (κ3) is 8.61. The summed E-state index contributed by atoms with van der Waals surface area (Å²) in [6.45, 7) is 3.56. The lowest BCUT2D eigenvalue weighted by Crippen LogP contribution is -2.53. The Hall–Kier alpha value is -2.78. The Balaban J connectivity index is 2.09. The number of amides is 2. The Morgan fingerprint density at radius 3 is 2.25 bits per heavy atom. The zero-order valence-corrected chi connectivity index (χ0v) is 25.6. The van der Waals surface area contributed by atoms with Crippen LogP contribution in [-0.4, -0.2) is 50.5 Å². The number of hydrogen-bond donors (Lipinski definition) is 1. The third-order valence-corrected chi connectivity index (χ3v) is 8.38. The summed E-state index contributed by atoms with van der Waals surface area (Å²) in [4.78, 5) is 29.0. The maximum atomic E-state index is 14.1. The number of rotatable bonds is 12. The van der Waals surface area contributed by atoms with Crippen molar-refractivity contribution in [3.63, 3.8) is 0 Å². The highest BCUT2D eigenvalue weighted by molar-refractivity contribution is 7.92. The van der Waals surface area contributed by atoms with Crippen LogP contribution in [0.4, 0.5) is 5.69 Å². The summed E-state index contributed by atoms with van der Waals surface area (Å²) < 4.78 is 26.9. The number of aryl methyl sites for hydroxylation is 1. The van der Waals surface area contributed by atoms with Gasteiger partial charge in [-0.25, -0.2) is 8.42 Å². The molecule has 2 amide bonds. The molecule has 0 fully saturated rings. The van der Waals surface area contributed by atoms with Crippen LogP contribution in [0.5, 0.6) is 0 Å². The molecule has 0 aliphatic carbocycles. The molecule has 0 unspecified atom stereocenters. The van der Waals surface area contributed by atoms with Gasteiger partial charge < -0.3 is 10.2 Å². The fraction of sp³-hybridized carbons (Fsp3) is 0.310. The Labute approximate surface area is 251 Å². The number of hydrogen-bond acceptors (Lipinski definition) is 4. The smallest absolute Gasteiger partial charge is 0.244 e. The van der Waals surface area contributed by atoms with Gasteiger partial charge in [-0.3, -0.25) is 13.9 Å². The molecule has 1 N–H and O–H groups in total. The van der Waals surface area contributed by atoms with E-state index in [-0.39, 0.29) is 24.6 Å². The summed E-state index contributed by atoms with van der Waals surface area (Å²) >= 11 is 18.6. The second-order valence-electron chi connectivity index (χ2n) is 9.47. The summed E-state index contributed by atoms with van der Waals surface area (Å²) in [5.41, 5.74) is 2.39. The number of anilines is 1. The lowest BCUT2D eigenvalue weighted by molar-refractivity contribution is -0.140. The molecule has 0 saturated carbocycles. The molecule has 0 aliphatic heterocycles. The molecule has 7 nitrogen and oxygen atoms in total. The number of nitrogens with one attached hydrogen (secondary N) is 1. The van der Waals surface area contributed by atoms with Crippen molar-refractivity contribution in [2.75, 3.05) is 23.7 Å². The summed E-state index contributed by atoms with van der Waals surface area (Å²) in [5, 5.41) is 3.88. The maximum absolute atomic E-state index is 14.1. The SMILES string of the molecule is CCCNC(=O)[C@@H](Cc1ccccc1)N(Cc1ccc(Cl)c(Cl)c1)C(=O)CN(c1cc(Cl)ccc1C)S(C)(=O)=O. The zero-order chi connectivity index (χ0) is 29.4. The number of carbonyl (C=O) groups is 2. The molecule has 0 bridgehead atoms. The van der Waals surface area contributed by atoms with Crippen LogP contribution in [0, 0.1) is 6.92 Å². The van der Waals surface area contributed by atoms with Crippen LogP contribution < -0.4 is 9.62 Å². The van der Waals surface area contributed by atoms with Gasteiger partial charge in [0.05, 0.1) is 22.0 Å². The molecule has 0 heterocycles. The van der Waals surface area contributed by atoms with Crippen LogP contribution in [0.25, 0.3) is 0 Å². The first-order valence-corrected chi connectivity index (χ1v) is 15.7. The molecule has 0 radical (unpaired) electrons. The topological polar surface area (TPSA) is 86.8 Å². The average Bonchev–Trinajstić information content (AvgIpc) is 2.91. The van der Waals surface area contributed by atoms with Crippen LogP contribution in [0.3, 0.4) is 0 Å². The summed E-state index contributed by atoms with van der Waals surface area (Å²) in [5.74, 6) is -0.910. The van der Waals surface area contributed by atoms with Crippen LogP contribution in [0.1, 0.15) is 30.0 Å². The molecule has 0 aliphatic rings. The van der Waals surface area contributed by atoms with E-state index >= 15 is 0 Å². The normalized spacial score (nSPS) is 12.1. The highest BCUT2D eigenvalue weighted by atomic mass is 35.5. The number of halogens is 3. The molecule has 0 spiro atoms. The predicted molar refractivity (Wildman–Crippen MR) is 163 cm³/mol. The van der Waals surface area contributed by atoms with E-state index in [1.807, 2.05) is 37.3 Å². The van der Waals surface area contributed by atoms with Crippen molar-refractivity contribution in [2.45, 2.75) is 39.3 Å². The molecule has 0 aromatic heterocycles. The Bertz CT molecular complexity index is 1450. The van der Waals surface area contributed by atoms with Crippen LogP contribution in [-0.2, 0) is 32.6 Å². The van der Waals surface area contributed by atoms with Crippen molar-refractivity contribution in [2.24, 2.45) is 0 Å². The van der Waals surface area contributed by atoms with Crippen molar-refractivity contribution in [3.8, 4) is 0 Å². The van der Waals surface area contributed by atoms with Crippen molar-refractivity contribution in [1.82, 2.24) is 10.2 Å². The molecule has 3 rings (SSSR count). The van der Waals surface area contributed by atoms with E-state index in [9.17, 15) is 18.0 Å². The first-order chi connectivity index (χ1) is 18.9. The Morgan fingerprint density at radius 2 is 1.62 bits per heavy atom. The first-order valence-electron chi connectivity index (χ1n) is 12.7. The van der Waals surface area contributed by atoms with E-state index in [1.54, 1.807) is 37.3 Å². The molecule has 3 aromatic rings. The molecule has 1 atom stereocenters. The van der Waals surface area contributed by atoms with Crippen LogP contribution >= 0.6 is 34.8 Å². The maximum Gasteiger partial charge on any atom is 0.244 e. The van der Waals surface area contributed by atoms with Gasteiger partial charge in [-0.1, -0.05) is 84.2 Å². The molecular weight excluding hydrogens is 593 g/mol.